The van der Waals surface area contributed by atoms with E-state index in [1.165, 1.54) is 0 Å². The molecule has 0 atom stereocenters. The van der Waals surface area contributed by atoms with Crippen LogP contribution in [0.4, 0.5) is 13.2 Å². The average molecular weight is 214 g/mol. The Balaban J connectivity index is 3.26. The van der Waals surface area contributed by atoms with Crippen LogP contribution in [0.1, 0.15) is 5.56 Å². The lowest BCUT2D eigenvalue weighted by Crippen LogP contribution is -2.06. The molecule has 1 rings (SSSR count). The smallest absolute Gasteiger partial charge is 0.243 e. The summed E-state index contributed by atoms with van der Waals surface area (Å²) in [6.45, 7) is 0. The van der Waals surface area contributed by atoms with Crippen molar-refractivity contribution in [2.45, 2.75) is 11.1 Å². The van der Waals surface area contributed by atoms with E-state index in [9.17, 15) is 13.2 Å². The third kappa shape index (κ3) is 1.84. The zero-order chi connectivity index (χ0) is 9.35. The molecule has 0 amide bonds. The van der Waals surface area contributed by atoms with Gasteiger partial charge in [0.25, 0.3) is 0 Å². The first-order valence-corrected chi connectivity index (χ1v) is 3.66. The van der Waals surface area contributed by atoms with Gasteiger partial charge in [-0.05, 0) is 6.07 Å². The molecule has 0 aliphatic carbocycles. The fourth-order valence-electron chi connectivity index (χ4n) is 0.657. The Bertz CT molecular complexity index is 299. The number of aromatic nitrogens is 1. The summed E-state index contributed by atoms with van der Waals surface area (Å²) < 4.78 is 36.3. The molecule has 66 valence electrons. The molecule has 0 bridgehead atoms. The summed E-state index contributed by atoms with van der Waals surface area (Å²) in [4.78, 5) is 3.10. The molecule has 0 saturated carbocycles. The molecule has 0 aromatic carbocycles. The minimum atomic E-state index is -4.43. The highest BCUT2D eigenvalue weighted by Gasteiger charge is 2.33. The molecule has 1 aromatic heterocycles. The molecule has 1 nitrogen and oxygen atoms in total. The van der Waals surface area contributed by atoms with Crippen LogP contribution in [0.2, 0.25) is 5.15 Å². The predicted molar refractivity (Wildman–Crippen MR) is 41.5 cm³/mol. The number of hydrogen-bond donors (Lipinski definition) is 1. The minimum absolute atomic E-state index is 0.242. The van der Waals surface area contributed by atoms with Crippen molar-refractivity contribution in [2.75, 3.05) is 0 Å². The Kier molecular flexibility index (Phi) is 2.53. The second-order valence-corrected chi connectivity index (χ2v) is 2.80. The molecule has 0 N–H and O–H groups in total. The molecule has 0 aliphatic heterocycles. The van der Waals surface area contributed by atoms with Gasteiger partial charge < -0.3 is 0 Å². The number of halogens is 4. The van der Waals surface area contributed by atoms with Crippen molar-refractivity contribution in [1.82, 2.24) is 4.98 Å². The van der Waals surface area contributed by atoms with E-state index < -0.39 is 11.7 Å². The topological polar surface area (TPSA) is 12.9 Å². The number of alkyl halides is 3. The average Bonchev–Trinajstić information content (AvgIpc) is 1.92. The van der Waals surface area contributed by atoms with Gasteiger partial charge in [-0.3, -0.25) is 0 Å². The standard InChI is InChI=1S/C6H3ClF3NS/c7-5-4(12)3(1-2-11-5)6(8,9)10/h1-2,12H. The van der Waals surface area contributed by atoms with Gasteiger partial charge in [0.1, 0.15) is 5.15 Å². The third-order valence-corrected chi connectivity index (χ3v) is 2.06. The molecule has 0 aliphatic rings. The number of pyridine rings is 1. The first kappa shape index (κ1) is 9.67. The Labute approximate surface area is 77.0 Å². The molecular weight excluding hydrogens is 211 g/mol. The third-order valence-electron chi connectivity index (χ3n) is 1.19. The van der Waals surface area contributed by atoms with E-state index in [0.29, 0.717) is 0 Å². The molecule has 1 heterocycles. The second kappa shape index (κ2) is 3.14. The summed E-state index contributed by atoms with van der Waals surface area (Å²) in [5, 5.41) is -0.242. The van der Waals surface area contributed by atoms with Gasteiger partial charge in [-0.15, -0.1) is 12.6 Å². The first-order valence-electron chi connectivity index (χ1n) is 2.83. The molecule has 0 spiro atoms. The van der Waals surface area contributed by atoms with Gasteiger partial charge in [0.15, 0.2) is 0 Å². The van der Waals surface area contributed by atoms with Gasteiger partial charge in [-0.2, -0.15) is 13.2 Å². The molecule has 0 fully saturated rings. The molecular formula is C6H3ClF3NS. The SMILES string of the molecule is FC(F)(F)c1ccnc(Cl)c1S. The van der Waals surface area contributed by atoms with E-state index >= 15 is 0 Å². The highest BCUT2D eigenvalue weighted by molar-refractivity contribution is 7.80. The van der Waals surface area contributed by atoms with E-state index in [4.69, 9.17) is 11.6 Å². The van der Waals surface area contributed by atoms with Crippen LogP contribution < -0.4 is 0 Å². The Morgan fingerprint density at radius 2 is 2.00 bits per heavy atom. The van der Waals surface area contributed by atoms with E-state index in [0.717, 1.165) is 12.3 Å². The van der Waals surface area contributed by atoms with E-state index in [2.05, 4.69) is 17.6 Å². The van der Waals surface area contributed by atoms with Gasteiger partial charge in [0.2, 0.25) is 0 Å². The molecule has 0 radical (unpaired) electrons. The van der Waals surface area contributed by atoms with Gasteiger partial charge >= 0.3 is 6.18 Å². The van der Waals surface area contributed by atoms with Crippen LogP contribution in [-0.2, 0) is 6.18 Å². The zero-order valence-electron chi connectivity index (χ0n) is 5.56. The largest absolute Gasteiger partial charge is 0.417 e. The summed E-state index contributed by atoms with van der Waals surface area (Å²) in [5.41, 5.74) is -0.870. The maximum Gasteiger partial charge on any atom is 0.417 e. The van der Waals surface area contributed by atoms with Crippen molar-refractivity contribution in [2.24, 2.45) is 0 Å². The maximum absolute atomic E-state index is 12.1. The molecule has 6 heteroatoms. The fourth-order valence-corrected chi connectivity index (χ4v) is 1.07. The van der Waals surface area contributed by atoms with Crippen molar-refractivity contribution < 1.29 is 13.2 Å². The quantitative estimate of drug-likeness (QED) is 0.516. The molecule has 12 heavy (non-hydrogen) atoms. The molecule has 0 unspecified atom stereocenters. The fraction of sp³-hybridized carbons (Fsp3) is 0.167. The van der Waals surface area contributed by atoms with Gasteiger partial charge in [0, 0.05) is 6.20 Å². The monoisotopic (exact) mass is 213 g/mol. The van der Waals surface area contributed by atoms with Crippen LogP contribution in [0.25, 0.3) is 0 Å². The molecule has 1 aromatic rings. The van der Waals surface area contributed by atoms with Crippen LogP contribution >= 0.6 is 24.2 Å². The Hall–Kier alpha value is -0.420. The Morgan fingerprint density at radius 3 is 2.42 bits per heavy atom. The number of hydrogen-bond acceptors (Lipinski definition) is 2. The van der Waals surface area contributed by atoms with Crippen molar-refractivity contribution in [1.29, 1.82) is 0 Å². The summed E-state index contributed by atoms with van der Waals surface area (Å²) in [6, 6.07) is 0.828. The maximum atomic E-state index is 12.1. The first-order chi connectivity index (χ1) is 5.43. The predicted octanol–water partition coefficient (Wildman–Crippen LogP) is 3.04. The van der Waals surface area contributed by atoms with Crippen LogP contribution in [0, 0.1) is 0 Å². The van der Waals surface area contributed by atoms with Gasteiger partial charge in [-0.25, -0.2) is 4.98 Å². The summed E-state index contributed by atoms with van der Waals surface area (Å²) in [6.07, 6.45) is -3.44. The van der Waals surface area contributed by atoms with E-state index in [-0.39, 0.29) is 10.0 Å². The van der Waals surface area contributed by atoms with Crippen LogP contribution in [0.15, 0.2) is 17.2 Å². The number of rotatable bonds is 0. The number of nitrogens with zero attached hydrogens (tertiary/aromatic N) is 1. The van der Waals surface area contributed by atoms with Crippen molar-refractivity contribution in [3.8, 4) is 0 Å². The Morgan fingerprint density at radius 1 is 1.42 bits per heavy atom. The number of thiol groups is 1. The van der Waals surface area contributed by atoms with Crippen molar-refractivity contribution >= 4 is 24.2 Å². The summed E-state index contributed by atoms with van der Waals surface area (Å²) >= 11 is 8.92. The second-order valence-electron chi connectivity index (χ2n) is 2.00. The highest BCUT2D eigenvalue weighted by Crippen LogP contribution is 2.35. The van der Waals surface area contributed by atoms with Gasteiger partial charge in [-0.1, -0.05) is 11.6 Å². The van der Waals surface area contributed by atoms with Crippen LogP contribution in [-0.4, -0.2) is 4.98 Å². The van der Waals surface area contributed by atoms with Crippen LogP contribution in [0.3, 0.4) is 0 Å². The molecule has 0 saturated heterocycles. The lowest BCUT2D eigenvalue weighted by Gasteiger charge is -2.08. The normalized spacial score (nSPS) is 11.8. The van der Waals surface area contributed by atoms with E-state index in [1.807, 2.05) is 0 Å². The summed E-state index contributed by atoms with van der Waals surface area (Å²) in [5.74, 6) is 0. The zero-order valence-corrected chi connectivity index (χ0v) is 7.21. The van der Waals surface area contributed by atoms with Crippen LogP contribution in [0.5, 0.6) is 0 Å². The van der Waals surface area contributed by atoms with E-state index in [1.54, 1.807) is 0 Å². The van der Waals surface area contributed by atoms with Crippen molar-refractivity contribution in [3.05, 3.63) is 23.0 Å². The van der Waals surface area contributed by atoms with Gasteiger partial charge in [0.05, 0.1) is 10.5 Å². The lowest BCUT2D eigenvalue weighted by molar-refractivity contribution is -0.139. The summed E-state index contributed by atoms with van der Waals surface area (Å²) in [7, 11) is 0. The lowest BCUT2D eigenvalue weighted by atomic mass is 10.2. The minimum Gasteiger partial charge on any atom is -0.243 e. The highest BCUT2D eigenvalue weighted by atomic mass is 35.5. The van der Waals surface area contributed by atoms with Crippen molar-refractivity contribution in [3.63, 3.8) is 0 Å².